The molecule has 5 nitrogen and oxygen atoms in total. The largest absolute Gasteiger partial charge is 0.350 e. The van der Waals surface area contributed by atoms with Crippen LogP contribution in [0.25, 0.3) is 0 Å². The predicted molar refractivity (Wildman–Crippen MR) is 52.0 cm³/mol. The van der Waals surface area contributed by atoms with Crippen LogP contribution in [0.5, 0.6) is 0 Å². The fraction of sp³-hybridized carbons (Fsp3) is 0.111. The van der Waals surface area contributed by atoms with Gasteiger partial charge in [0.1, 0.15) is 5.92 Å². The fourth-order valence-corrected chi connectivity index (χ4v) is 0.689. The summed E-state index contributed by atoms with van der Waals surface area (Å²) in [7, 11) is 0. The van der Waals surface area contributed by atoms with Gasteiger partial charge in [-0.15, -0.1) is 0 Å². The molecule has 0 saturated carbocycles. The Bertz CT molecular complexity index is 298. The van der Waals surface area contributed by atoms with Crippen LogP contribution in [0.1, 0.15) is 0 Å². The zero-order valence-corrected chi connectivity index (χ0v) is 7.47. The van der Waals surface area contributed by atoms with Gasteiger partial charge in [-0.2, -0.15) is 0 Å². The standard InChI is InChI=1S/C9H10N2O3/c1-3-7(12)6(8(13)4-2)5-11-9(10)14/h3-6H,1-2H2,(H2,10,14). The number of nitrogens with zero attached hydrogens (tertiary/aromatic N) is 1. The maximum atomic E-state index is 11.1. The molecule has 0 aromatic heterocycles. The van der Waals surface area contributed by atoms with E-state index in [0.717, 1.165) is 18.4 Å². The average molecular weight is 194 g/mol. The number of carbonyl (C=O) groups is 3. The van der Waals surface area contributed by atoms with Crippen molar-refractivity contribution in [1.82, 2.24) is 0 Å². The average Bonchev–Trinajstić information content (AvgIpc) is 2.16. The number of hydrogen-bond donors (Lipinski definition) is 1. The molecule has 2 N–H and O–H groups in total. The topological polar surface area (TPSA) is 89.6 Å². The van der Waals surface area contributed by atoms with Gasteiger partial charge in [-0.25, -0.2) is 9.79 Å². The van der Waals surface area contributed by atoms with E-state index < -0.39 is 23.5 Å². The summed E-state index contributed by atoms with van der Waals surface area (Å²) < 4.78 is 0. The molecule has 0 rings (SSSR count). The van der Waals surface area contributed by atoms with E-state index in [2.05, 4.69) is 18.2 Å². The SMILES string of the molecule is C=CC(=O)C(C=NC(N)=O)C(=O)C=C. The van der Waals surface area contributed by atoms with Crippen molar-refractivity contribution in [2.24, 2.45) is 16.6 Å². The van der Waals surface area contributed by atoms with E-state index in [4.69, 9.17) is 5.73 Å². The monoisotopic (exact) mass is 194 g/mol. The molecule has 0 spiro atoms. The summed E-state index contributed by atoms with van der Waals surface area (Å²) in [6.07, 6.45) is 2.83. The molecule has 0 saturated heterocycles. The lowest BCUT2D eigenvalue weighted by molar-refractivity contribution is -0.124. The van der Waals surface area contributed by atoms with Gasteiger partial charge in [-0.1, -0.05) is 13.2 Å². The van der Waals surface area contributed by atoms with Crippen LogP contribution < -0.4 is 5.73 Å². The van der Waals surface area contributed by atoms with E-state index in [1.807, 2.05) is 0 Å². The lowest BCUT2D eigenvalue weighted by Gasteiger charge is -2.02. The van der Waals surface area contributed by atoms with Crippen LogP contribution >= 0.6 is 0 Å². The highest BCUT2D eigenvalue weighted by molar-refractivity contribution is 6.21. The van der Waals surface area contributed by atoms with Crippen molar-refractivity contribution in [2.45, 2.75) is 0 Å². The summed E-state index contributed by atoms with van der Waals surface area (Å²) >= 11 is 0. The van der Waals surface area contributed by atoms with Gasteiger partial charge in [-0.3, -0.25) is 9.59 Å². The van der Waals surface area contributed by atoms with Crippen LogP contribution in [0, 0.1) is 5.92 Å². The minimum absolute atomic E-state index is 0.556. The van der Waals surface area contributed by atoms with Crippen molar-refractivity contribution in [2.75, 3.05) is 0 Å². The van der Waals surface area contributed by atoms with Crippen LogP contribution in [0.15, 0.2) is 30.3 Å². The lowest BCUT2D eigenvalue weighted by Crippen LogP contribution is -2.23. The molecule has 0 aliphatic rings. The van der Waals surface area contributed by atoms with Crippen LogP contribution in [0.4, 0.5) is 4.79 Å². The second kappa shape index (κ2) is 5.58. The zero-order valence-electron chi connectivity index (χ0n) is 7.47. The summed E-state index contributed by atoms with van der Waals surface area (Å²) in [5.41, 5.74) is 4.71. The van der Waals surface area contributed by atoms with E-state index >= 15 is 0 Å². The number of rotatable bonds is 5. The number of hydrogen-bond acceptors (Lipinski definition) is 3. The van der Waals surface area contributed by atoms with E-state index in [1.54, 1.807) is 0 Å². The Balaban J connectivity index is 4.81. The van der Waals surface area contributed by atoms with Gasteiger partial charge in [0.15, 0.2) is 11.6 Å². The van der Waals surface area contributed by atoms with Crippen LogP contribution in [0.3, 0.4) is 0 Å². The van der Waals surface area contributed by atoms with Gasteiger partial charge in [0.2, 0.25) is 0 Å². The molecule has 0 aliphatic carbocycles. The molecule has 5 heteroatoms. The molecule has 0 aromatic rings. The predicted octanol–water partition coefficient (Wildman–Crippen LogP) is 0.262. The minimum atomic E-state index is -1.16. The quantitative estimate of drug-likeness (QED) is 0.386. The first kappa shape index (κ1) is 12.0. The van der Waals surface area contributed by atoms with Crippen molar-refractivity contribution in [3.63, 3.8) is 0 Å². The Labute approximate surface area is 81.0 Å². The summed E-state index contributed by atoms with van der Waals surface area (Å²) in [6.45, 7) is 6.42. The molecule has 0 unspecified atom stereocenters. The van der Waals surface area contributed by atoms with Crippen molar-refractivity contribution in [3.8, 4) is 0 Å². The molecule has 2 amide bonds. The van der Waals surface area contributed by atoms with Crippen molar-refractivity contribution in [1.29, 1.82) is 0 Å². The van der Waals surface area contributed by atoms with E-state index in [0.29, 0.717) is 0 Å². The lowest BCUT2D eigenvalue weighted by atomic mass is 10.0. The maximum Gasteiger partial charge on any atom is 0.337 e. The Morgan fingerprint density at radius 2 is 1.57 bits per heavy atom. The molecule has 0 aliphatic heterocycles. The molecule has 0 bridgehead atoms. The second-order valence-electron chi connectivity index (χ2n) is 2.31. The smallest absolute Gasteiger partial charge is 0.337 e. The van der Waals surface area contributed by atoms with Crippen molar-refractivity contribution in [3.05, 3.63) is 25.3 Å². The highest BCUT2D eigenvalue weighted by Crippen LogP contribution is 1.99. The summed E-state index contributed by atoms with van der Waals surface area (Å²) in [4.78, 5) is 35.6. The number of urea groups is 1. The van der Waals surface area contributed by atoms with Crippen LogP contribution in [-0.4, -0.2) is 23.8 Å². The second-order valence-corrected chi connectivity index (χ2v) is 2.31. The normalized spacial score (nSPS) is 10.1. The van der Waals surface area contributed by atoms with Crippen LogP contribution in [0.2, 0.25) is 0 Å². The molecule has 0 atom stereocenters. The summed E-state index contributed by atoms with van der Waals surface area (Å²) in [5, 5.41) is 0. The Morgan fingerprint density at radius 1 is 1.14 bits per heavy atom. The first-order valence-electron chi connectivity index (χ1n) is 3.69. The molecule has 0 aromatic carbocycles. The number of nitrogens with two attached hydrogens (primary N) is 1. The molecule has 14 heavy (non-hydrogen) atoms. The van der Waals surface area contributed by atoms with Crippen molar-refractivity contribution >= 4 is 23.8 Å². The summed E-state index contributed by atoms with van der Waals surface area (Å²) in [5.74, 6) is -2.27. The molecular weight excluding hydrogens is 184 g/mol. The number of carbonyl (C=O) groups excluding carboxylic acids is 3. The number of amides is 2. The Hall–Kier alpha value is -2.04. The first-order chi connectivity index (χ1) is 6.52. The Kier molecular flexibility index (Phi) is 4.77. The highest BCUT2D eigenvalue weighted by Gasteiger charge is 2.19. The summed E-state index contributed by atoms with van der Waals surface area (Å²) in [6, 6.07) is -0.969. The third-order valence-electron chi connectivity index (χ3n) is 1.37. The zero-order chi connectivity index (χ0) is 11.1. The van der Waals surface area contributed by atoms with Gasteiger partial charge in [0.25, 0.3) is 0 Å². The van der Waals surface area contributed by atoms with E-state index in [-0.39, 0.29) is 0 Å². The minimum Gasteiger partial charge on any atom is -0.350 e. The van der Waals surface area contributed by atoms with Crippen LogP contribution in [-0.2, 0) is 9.59 Å². The third kappa shape index (κ3) is 3.57. The number of allylic oxidation sites excluding steroid dienone is 2. The Morgan fingerprint density at radius 3 is 1.86 bits per heavy atom. The number of ketones is 2. The van der Waals surface area contributed by atoms with Crippen molar-refractivity contribution < 1.29 is 14.4 Å². The maximum absolute atomic E-state index is 11.1. The first-order valence-corrected chi connectivity index (χ1v) is 3.69. The highest BCUT2D eigenvalue weighted by atomic mass is 16.2. The molecule has 0 heterocycles. The molecule has 74 valence electrons. The van der Waals surface area contributed by atoms with E-state index in [9.17, 15) is 14.4 Å². The molecular formula is C9H10N2O3. The fourth-order valence-electron chi connectivity index (χ4n) is 0.689. The van der Waals surface area contributed by atoms with Gasteiger partial charge >= 0.3 is 6.03 Å². The number of primary amides is 1. The van der Waals surface area contributed by atoms with Gasteiger partial charge in [0, 0.05) is 6.21 Å². The third-order valence-corrected chi connectivity index (χ3v) is 1.37. The number of aliphatic imine (C=N–C) groups is 1. The van der Waals surface area contributed by atoms with E-state index in [1.165, 1.54) is 0 Å². The molecule has 0 radical (unpaired) electrons. The van der Waals surface area contributed by atoms with Gasteiger partial charge < -0.3 is 5.73 Å². The van der Waals surface area contributed by atoms with Gasteiger partial charge in [-0.05, 0) is 12.2 Å². The van der Waals surface area contributed by atoms with Gasteiger partial charge in [0.05, 0.1) is 0 Å². The molecule has 0 fully saturated rings.